The van der Waals surface area contributed by atoms with E-state index in [2.05, 4.69) is 19.2 Å². The summed E-state index contributed by atoms with van der Waals surface area (Å²) in [6, 6.07) is -0.625. The molecule has 0 fully saturated rings. The van der Waals surface area contributed by atoms with Gasteiger partial charge in [0.15, 0.2) is 0 Å². The molecular formula is C71H139NO5. The van der Waals surface area contributed by atoms with Crippen molar-refractivity contribution < 1.29 is 24.5 Å². The van der Waals surface area contributed by atoms with Crippen molar-refractivity contribution in [3.05, 3.63) is 12.2 Å². The van der Waals surface area contributed by atoms with Crippen molar-refractivity contribution in [2.24, 2.45) is 0 Å². The minimum Gasteiger partial charge on any atom is -0.466 e. The van der Waals surface area contributed by atoms with Gasteiger partial charge in [-0.25, -0.2) is 0 Å². The Morgan fingerprint density at radius 2 is 0.597 bits per heavy atom. The van der Waals surface area contributed by atoms with E-state index in [1.54, 1.807) is 6.08 Å². The Kier molecular flexibility index (Phi) is 65.9. The van der Waals surface area contributed by atoms with Crippen LogP contribution in [0.25, 0.3) is 0 Å². The van der Waals surface area contributed by atoms with E-state index in [1.165, 1.54) is 340 Å². The molecule has 2 atom stereocenters. The summed E-state index contributed by atoms with van der Waals surface area (Å²) in [5, 5.41) is 23.2. The van der Waals surface area contributed by atoms with E-state index in [0.29, 0.717) is 19.4 Å². The molecule has 0 aromatic heterocycles. The Labute approximate surface area is 482 Å². The fourth-order valence-electron chi connectivity index (χ4n) is 11.4. The van der Waals surface area contributed by atoms with Gasteiger partial charge in [0, 0.05) is 12.8 Å². The maximum absolute atomic E-state index is 12.5. The number of allylic oxidation sites excluding steroid dienone is 1. The molecule has 0 rings (SSSR count). The number of rotatable bonds is 67. The standard InChI is InChI=1S/C71H139NO5/c1-3-5-7-9-11-13-15-16-17-18-31-34-37-40-44-47-51-55-59-63-69(74)68(67-73)72-70(75)64-60-56-52-48-45-41-38-35-32-29-27-25-23-21-19-20-22-24-26-28-30-33-36-39-42-46-50-54-58-62-66-77-71(76)65-61-57-53-49-43-14-12-10-8-6-4-2/h59,63,68-69,73-74H,3-58,60-62,64-67H2,1-2H3,(H,72,75)/b63-59+. The summed E-state index contributed by atoms with van der Waals surface area (Å²) in [6.07, 6.45) is 83.0. The zero-order chi connectivity index (χ0) is 55.7. The molecule has 0 heterocycles. The number of ether oxygens (including phenoxy) is 1. The van der Waals surface area contributed by atoms with Crippen LogP contribution in [0, 0.1) is 0 Å². The van der Waals surface area contributed by atoms with E-state index in [4.69, 9.17) is 4.74 Å². The molecular weight excluding hydrogens is 947 g/mol. The van der Waals surface area contributed by atoms with Crippen LogP contribution in [-0.2, 0) is 14.3 Å². The maximum atomic E-state index is 12.5. The number of aliphatic hydroxyl groups excluding tert-OH is 2. The molecule has 6 heteroatoms. The summed E-state index contributed by atoms with van der Waals surface area (Å²) in [4.78, 5) is 24.5. The van der Waals surface area contributed by atoms with E-state index in [9.17, 15) is 19.8 Å². The first-order valence-electron chi connectivity index (χ1n) is 35.5. The number of unbranched alkanes of at least 4 members (excludes halogenated alkanes) is 56. The van der Waals surface area contributed by atoms with Crippen molar-refractivity contribution in [1.82, 2.24) is 5.32 Å². The van der Waals surface area contributed by atoms with Crippen molar-refractivity contribution in [2.45, 2.75) is 418 Å². The lowest BCUT2D eigenvalue weighted by atomic mass is 10.0. The largest absolute Gasteiger partial charge is 0.466 e. The first kappa shape index (κ1) is 75.6. The lowest BCUT2D eigenvalue weighted by Gasteiger charge is -2.20. The van der Waals surface area contributed by atoms with E-state index in [-0.39, 0.29) is 18.5 Å². The zero-order valence-corrected chi connectivity index (χ0v) is 52.5. The van der Waals surface area contributed by atoms with Gasteiger partial charge in [0.25, 0.3) is 0 Å². The Morgan fingerprint density at radius 1 is 0.351 bits per heavy atom. The lowest BCUT2D eigenvalue weighted by Crippen LogP contribution is -2.45. The van der Waals surface area contributed by atoms with Crippen LogP contribution in [0.5, 0.6) is 0 Å². The number of carbonyl (C=O) groups excluding carboxylic acids is 2. The van der Waals surface area contributed by atoms with E-state index in [0.717, 1.165) is 38.5 Å². The van der Waals surface area contributed by atoms with Crippen molar-refractivity contribution in [3.63, 3.8) is 0 Å². The highest BCUT2D eigenvalue weighted by molar-refractivity contribution is 5.76. The first-order chi connectivity index (χ1) is 38.0. The third kappa shape index (κ3) is 63.6. The normalized spacial score (nSPS) is 12.5. The Bertz CT molecular complexity index is 1160. The Hall–Kier alpha value is -1.40. The molecule has 1 amide bonds. The van der Waals surface area contributed by atoms with Crippen LogP contribution in [0.3, 0.4) is 0 Å². The average Bonchev–Trinajstić information content (AvgIpc) is 3.43. The molecule has 0 aliphatic carbocycles. The van der Waals surface area contributed by atoms with E-state index in [1.807, 2.05) is 6.08 Å². The fourth-order valence-corrected chi connectivity index (χ4v) is 11.4. The van der Waals surface area contributed by atoms with Gasteiger partial charge in [-0.05, 0) is 32.1 Å². The van der Waals surface area contributed by atoms with Gasteiger partial charge in [0.05, 0.1) is 25.4 Å². The highest BCUT2D eigenvalue weighted by atomic mass is 16.5. The molecule has 0 saturated carbocycles. The molecule has 0 aromatic carbocycles. The molecule has 0 aliphatic heterocycles. The van der Waals surface area contributed by atoms with Crippen LogP contribution >= 0.6 is 0 Å². The van der Waals surface area contributed by atoms with Gasteiger partial charge < -0.3 is 20.3 Å². The maximum Gasteiger partial charge on any atom is 0.305 e. The molecule has 0 bridgehead atoms. The third-order valence-corrected chi connectivity index (χ3v) is 16.8. The number of hydrogen-bond acceptors (Lipinski definition) is 5. The number of esters is 1. The highest BCUT2D eigenvalue weighted by Gasteiger charge is 2.18. The van der Waals surface area contributed by atoms with Gasteiger partial charge in [-0.3, -0.25) is 9.59 Å². The average molecular weight is 1090 g/mol. The van der Waals surface area contributed by atoms with Gasteiger partial charge in [-0.15, -0.1) is 0 Å². The van der Waals surface area contributed by atoms with Crippen LogP contribution in [0.15, 0.2) is 12.2 Å². The molecule has 0 saturated heterocycles. The SMILES string of the molecule is CCCCCCCCCCCCCCCCCCC/C=C/C(O)C(CO)NC(=O)CCCCCCCCCCCCCCCCCCCCCCCCCCCCCCCCOC(=O)CCCCCCCCCCCCC. The Morgan fingerprint density at radius 3 is 0.883 bits per heavy atom. The molecule has 458 valence electrons. The molecule has 0 spiro atoms. The predicted molar refractivity (Wildman–Crippen MR) is 338 cm³/mol. The summed E-state index contributed by atoms with van der Waals surface area (Å²) in [5.41, 5.74) is 0. The zero-order valence-electron chi connectivity index (χ0n) is 52.5. The van der Waals surface area contributed by atoms with Gasteiger partial charge >= 0.3 is 5.97 Å². The number of nitrogens with one attached hydrogen (secondary N) is 1. The van der Waals surface area contributed by atoms with Gasteiger partial charge in [-0.2, -0.15) is 0 Å². The minimum absolute atomic E-state index is 0.0203. The van der Waals surface area contributed by atoms with Gasteiger partial charge in [-0.1, -0.05) is 373 Å². The van der Waals surface area contributed by atoms with Crippen LogP contribution in [0.1, 0.15) is 406 Å². The molecule has 0 radical (unpaired) electrons. The monoisotopic (exact) mass is 1090 g/mol. The molecule has 6 nitrogen and oxygen atoms in total. The number of aliphatic hydroxyl groups is 2. The fraction of sp³-hybridized carbons (Fsp3) is 0.944. The summed E-state index contributed by atoms with van der Waals surface area (Å²) >= 11 is 0. The minimum atomic E-state index is -0.841. The number of amides is 1. The Balaban J connectivity index is 3.35. The first-order valence-corrected chi connectivity index (χ1v) is 35.5. The highest BCUT2D eigenvalue weighted by Crippen LogP contribution is 2.19. The van der Waals surface area contributed by atoms with Crippen LogP contribution in [-0.4, -0.2) is 47.4 Å². The van der Waals surface area contributed by atoms with Gasteiger partial charge in [0.1, 0.15) is 0 Å². The summed E-state index contributed by atoms with van der Waals surface area (Å²) in [7, 11) is 0. The van der Waals surface area contributed by atoms with Crippen LogP contribution in [0.2, 0.25) is 0 Å². The second-order valence-electron chi connectivity index (χ2n) is 24.6. The molecule has 77 heavy (non-hydrogen) atoms. The smallest absolute Gasteiger partial charge is 0.305 e. The van der Waals surface area contributed by atoms with E-state index >= 15 is 0 Å². The van der Waals surface area contributed by atoms with Crippen LogP contribution in [0.4, 0.5) is 0 Å². The predicted octanol–water partition coefficient (Wildman–Crippen LogP) is 22.8. The molecule has 0 aliphatic rings. The molecule has 3 N–H and O–H groups in total. The van der Waals surface area contributed by atoms with E-state index < -0.39 is 12.1 Å². The second-order valence-corrected chi connectivity index (χ2v) is 24.6. The summed E-state index contributed by atoms with van der Waals surface area (Å²) in [6.45, 7) is 4.94. The molecule has 2 unspecified atom stereocenters. The lowest BCUT2D eigenvalue weighted by molar-refractivity contribution is -0.143. The van der Waals surface area contributed by atoms with Crippen molar-refractivity contribution >= 4 is 11.9 Å². The van der Waals surface area contributed by atoms with Crippen LogP contribution < -0.4 is 5.32 Å². The number of hydrogen-bond donors (Lipinski definition) is 3. The quantitative estimate of drug-likeness (QED) is 0.0320. The topological polar surface area (TPSA) is 95.9 Å². The van der Waals surface area contributed by atoms with Gasteiger partial charge in [0.2, 0.25) is 5.91 Å². The summed E-state index contributed by atoms with van der Waals surface area (Å²) < 4.78 is 5.48. The van der Waals surface area contributed by atoms with Crippen molar-refractivity contribution in [1.29, 1.82) is 0 Å². The molecule has 0 aromatic rings. The van der Waals surface area contributed by atoms with Crippen molar-refractivity contribution in [2.75, 3.05) is 13.2 Å². The number of carbonyl (C=O) groups is 2. The second kappa shape index (κ2) is 67.1. The van der Waals surface area contributed by atoms with Crippen molar-refractivity contribution in [3.8, 4) is 0 Å². The summed E-state index contributed by atoms with van der Waals surface area (Å²) in [5.74, 6) is -0.0395. The third-order valence-electron chi connectivity index (χ3n) is 16.8.